The van der Waals surface area contributed by atoms with Gasteiger partial charge in [-0.2, -0.15) is 0 Å². The maximum absolute atomic E-state index is 12.6. The molecule has 3 N–H and O–H groups in total. The van der Waals surface area contributed by atoms with Gasteiger partial charge in [0.2, 0.25) is 0 Å². The summed E-state index contributed by atoms with van der Waals surface area (Å²) in [4.78, 5) is 50.5. The third-order valence-corrected chi connectivity index (χ3v) is 5.87. The van der Waals surface area contributed by atoms with E-state index in [1.165, 1.54) is 0 Å². The van der Waals surface area contributed by atoms with E-state index in [1.807, 2.05) is 45.0 Å². The molecule has 0 bridgehead atoms. The fourth-order valence-corrected chi connectivity index (χ4v) is 4.02. The Balaban J connectivity index is 1.48. The zero-order chi connectivity index (χ0) is 24.7. The van der Waals surface area contributed by atoms with E-state index in [2.05, 4.69) is 16.0 Å². The van der Waals surface area contributed by atoms with E-state index in [0.717, 1.165) is 33.4 Å². The van der Waals surface area contributed by atoms with Crippen LogP contribution < -0.4 is 16.0 Å². The molecule has 0 radical (unpaired) electrons. The fourth-order valence-electron chi connectivity index (χ4n) is 3.16. The molecule has 1 aliphatic heterocycles. The van der Waals surface area contributed by atoms with Crippen molar-refractivity contribution in [2.75, 3.05) is 13.1 Å². The van der Waals surface area contributed by atoms with Crippen molar-refractivity contribution in [1.82, 2.24) is 20.9 Å². The Bertz CT molecular complexity index is 1090. The molecule has 0 saturated carbocycles. The molecule has 178 valence electrons. The standard InChI is InChI=1S/C25H28N4O4S/c1-16(2)28-24(32)27-15-19-8-10-20(11-9-19)22(30)26-12-13-29-23(31)21(34-25(29)33)14-18-6-4-17(3)5-7-18/h4-11,14,16H,12-13,15H2,1-3H3,(H,26,30)(H2,27,28,32)/b21-14-. The molecule has 0 atom stereocenters. The lowest BCUT2D eigenvalue weighted by atomic mass is 10.1. The predicted octanol–water partition coefficient (Wildman–Crippen LogP) is 3.67. The van der Waals surface area contributed by atoms with Gasteiger partial charge in [0.25, 0.3) is 17.1 Å². The first-order valence-electron chi connectivity index (χ1n) is 11.0. The second-order valence-electron chi connectivity index (χ2n) is 8.18. The molecule has 1 heterocycles. The van der Waals surface area contributed by atoms with Gasteiger partial charge in [0.05, 0.1) is 4.91 Å². The topological polar surface area (TPSA) is 108 Å². The van der Waals surface area contributed by atoms with Crippen molar-refractivity contribution in [2.45, 2.75) is 33.4 Å². The minimum absolute atomic E-state index is 0.0478. The molecule has 0 spiro atoms. The van der Waals surface area contributed by atoms with Gasteiger partial charge in [0, 0.05) is 31.2 Å². The summed E-state index contributed by atoms with van der Waals surface area (Å²) in [6.45, 7) is 6.31. The maximum Gasteiger partial charge on any atom is 0.315 e. The highest BCUT2D eigenvalue weighted by atomic mass is 32.2. The van der Waals surface area contributed by atoms with Gasteiger partial charge in [0.15, 0.2) is 0 Å². The van der Waals surface area contributed by atoms with Gasteiger partial charge in [-0.05, 0) is 61.9 Å². The summed E-state index contributed by atoms with van der Waals surface area (Å²) in [5, 5.41) is 7.87. The quantitative estimate of drug-likeness (QED) is 0.500. The monoisotopic (exact) mass is 480 g/mol. The van der Waals surface area contributed by atoms with Crippen LogP contribution in [0.5, 0.6) is 0 Å². The molecule has 9 heteroatoms. The number of hydrogen-bond acceptors (Lipinski definition) is 5. The third kappa shape index (κ3) is 6.95. The van der Waals surface area contributed by atoms with Crippen LogP contribution in [0.4, 0.5) is 9.59 Å². The van der Waals surface area contributed by atoms with Crippen LogP contribution in [0.3, 0.4) is 0 Å². The van der Waals surface area contributed by atoms with Crippen molar-refractivity contribution in [1.29, 1.82) is 0 Å². The lowest BCUT2D eigenvalue weighted by molar-refractivity contribution is -0.122. The van der Waals surface area contributed by atoms with E-state index in [9.17, 15) is 19.2 Å². The number of rotatable bonds is 8. The van der Waals surface area contributed by atoms with Crippen molar-refractivity contribution in [3.05, 3.63) is 75.7 Å². The number of carbonyl (C=O) groups excluding carboxylic acids is 4. The van der Waals surface area contributed by atoms with Crippen molar-refractivity contribution in [3.8, 4) is 0 Å². The first-order chi connectivity index (χ1) is 16.2. The van der Waals surface area contributed by atoms with Crippen LogP contribution in [0.2, 0.25) is 0 Å². The highest BCUT2D eigenvalue weighted by molar-refractivity contribution is 8.18. The number of hydrogen-bond donors (Lipinski definition) is 3. The van der Waals surface area contributed by atoms with E-state index < -0.39 is 0 Å². The van der Waals surface area contributed by atoms with Crippen LogP contribution in [0.25, 0.3) is 6.08 Å². The lowest BCUT2D eigenvalue weighted by Gasteiger charge is -2.13. The third-order valence-electron chi connectivity index (χ3n) is 4.96. The van der Waals surface area contributed by atoms with Crippen LogP contribution in [-0.4, -0.2) is 47.1 Å². The molecule has 0 aromatic heterocycles. The minimum atomic E-state index is -0.358. The summed E-state index contributed by atoms with van der Waals surface area (Å²) in [6.07, 6.45) is 1.70. The number of urea groups is 1. The maximum atomic E-state index is 12.6. The van der Waals surface area contributed by atoms with Crippen molar-refractivity contribution in [2.24, 2.45) is 0 Å². The summed E-state index contributed by atoms with van der Waals surface area (Å²) < 4.78 is 0. The zero-order valence-electron chi connectivity index (χ0n) is 19.4. The molecule has 1 saturated heterocycles. The second-order valence-corrected chi connectivity index (χ2v) is 9.17. The average Bonchev–Trinajstić information content (AvgIpc) is 3.06. The summed E-state index contributed by atoms with van der Waals surface area (Å²) in [6, 6.07) is 14.3. The Kier molecular flexibility index (Phi) is 8.48. The van der Waals surface area contributed by atoms with Crippen molar-refractivity contribution >= 4 is 40.9 Å². The van der Waals surface area contributed by atoms with Crippen LogP contribution in [0, 0.1) is 6.92 Å². The van der Waals surface area contributed by atoms with E-state index in [1.54, 1.807) is 30.3 Å². The van der Waals surface area contributed by atoms with Gasteiger partial charge >= 0.3 is 6.03 Å². The number of nitrogens with one attached hydrogen (secondary N) is 3. The molecule has 8 nitrogen and oxygen atoms in total. The Morgan fingerprint density at radius 2 is 1.68 bits per heavy atom. The largest absolute Gasteiger partial charge is 0.350 e. The van der Waals surface area contributed by atoms with Gasteiger partial charge in [-0.15, -0.1) is 0 Å². The average molecular weight is 481 g/mol. The molecule has 34 heavy (non-hydrogen) atoms. The highest BCUT2D eigenvalue weighted by Crippen LogP contribution is 2.31. The van der Waals surface area contributed by atoms with Gasteiger partial charge in [-0.1, -0.05) is 42.0 Å². The van der Waals surface area contributed by atoms with E-state index in [4.69, 9.17) is 0 Å². The highest BCUT2D eigenvalue weighted by Gasteiger charge is 2.34. The molecule has 0 aliphatic carbocycles. The predicted molar refractivity (Wildman–Crippen MR) is 133 cm³/mol. The minimum Gasteiger partial charge on any atom is -0.350 e. The van der Waals surface area contributed by atoms with Crippen LogP contribution in [0.1, 0.15) is 40.9 Å². The fraction of sp³-hybridized carbons (Fsp3) is 0.280. The molecule has 3 rings (SSSR count). The normalized spacial score (nSPS) is 14.6. The van der Waals surface area contributed by atoms with Crippen LogP contribution in [-0.2, 0) is 11.3 Å². The number of nitrogens with zero attached hydrogens (tertiary/aromatic N) is 1. The van der Waals surface area contributed by atoms with Crippen molar-refractivity contribution in [3.63, 3.8) is 0 Å². The summed E-state index contributed by atoms with van der Waals surface area (Å²) >= 11 is 0.899. The van der Waals surface area contributed by atoms with Gasteiger partial charge in [-0.25, -0.2) is 4.79 Å². The molecule has 0 unspecified atom stereocenters. The molecule has 2 aromatic carbocycles. The summed E-state index contributed by atoms with van der Waals surface area (Å²) in [5.41, 5.74) is 3.27. The molecule has 5 amide bonds. The smallest absolute Gasteiger partial charge is 0.315 e. The number of carbonyl (C=O) groups is 4. The Morgan fingerprint density at radius 3 is 2.32 bits per heavy atom. The molecule has 1 fully saturated rings. The Morgan fingerprint density at radius 1 is 1.00 bits per heavy atom. The van der Waals surface area contributed by atoms with Crippen LogP contribution in [0.15, 0.2) is 53.4 Å². The first kappa shape index (κ1) is 25.0. The molecule has 2 aromatic rings. The SMILES string of the molecule is Cc1ccc(/C=C2\SC(=O)N(CCNC(=O)c3ccc(CNC(=O)NC(C)C)cc3)C2=O)cc1. The molecular weight excluding hydrogens is 452 g/mol. The van der Waals surface area contributed by atoms with E-state index in [0.29, 0.717) is 17.0 Å². The number of aryl methyl sites for hydroxylation is 1. The van der Waals surface area contributed by atoms with Crippen LogP contribution >= 0.6 is 11.8 Å². The Labute approximate surface area is 203 Å². The first-order valence-corrected chi connectivity index (χ1v) is 11.8. The lowest BCUT2D eigenvalue weighted by Crippen LogP contribution is -2.39. The summed E-state index contributed by atoms with van der Waals surface area (Å²) in [7, 11) is 0. The van der Waals surface area contributed by atoms with Crippen molar-refractivity contribution < 1.29 is 19.2 Å². The zero-order valence-corrected chi connectivity index (χ0v) is 20.2. The second kappa shape index (κ2) is 11.5. The van der Waals surface area contributed by atoms with Gasteiger partial charge in [-0.3, -0.25) is 19.3 Å². The number of imide groups is 1. The molecule has 1 aliphatic rings. The number of benzene rings is 2. The van der Waals surface area contributed by atoms with E-state index >= 15 is 0 Å². The number of thioether (sulfide) groups is 1. The Hall–Kier alpha value is -3.59. The van der Waals surface area contributed by atoms with Gasteiger partial charge in [0.1, 0.15) is 0 Å². The number of amides is 5. The van der Waals surface area contributed by atoms with Gasteiger partial charge < -0.3 is 16.0 Å². The van der Waals surface area contributed by atoms with E-state index in [-0.39, 0.29) is 42.2 Å². The molecular formula is C25H28N4O4S. The summed E-state index contributed by atoms with van der Waals surface area (Å²) in [5.74, 6) is -0.664.